The molecule has 8 heteroatoms. The van der Waals surface area contributed by atoms with Gasteiger partial charge < -0.3 is 14.6 Å². The minimum absolute atomic E-state index is 0.0324. The summed E-state index contributed by atoms with van der Waals surface area (Å²) in [6.45, 7) is 2.80. The van der Waals surface area contributed by atoms with E-state index in [1.54, 1.807) is 19.2 Å². The number of carbonyl (C=O) groups is 1. The molecule has 1 N–H and O–H groups in total. The van der Waals surface area contributed by atoms with Crippen LogP contribution in [0.2, 0.25) is 0 Å². The van der Waals surface area contributed by atoms with Crippen LogP contribution in [0, 0.1) is 11.7 Å². The second-order valence-corrected chi connectivity index (χ2v) is 8.28. The number of methoxy groups -OCH3 is 1. The molecule has 0 bridgehead atoms. The van der Waals surface area contributed by atoms with E-state index in [9.17, 15) is 9.18 Å². The molecule has 0 spiro atoms. The van der Waals surface area contributed by atoms with Gasteiger partial charge in [-0.15, -0.1) is 0 Å². The Hall–Kier alpha value is -3.26. The van der Waals surface area contributed by atoms with Crippen LogP contribution >= 0.6 is 0 Å². The molecule has 2 heterocycles. The molecule has 1 fully saturated rings. The Labute approximate surface area is 192 Å². The Morgan fingerprint density at radius 1 is 1.18 bits per heavy atom. The van der Waals surface area contributed by atoms with E-state index in [1.165, 1.54) is 12.1 Å². The SMILES string of the molecule is COc1ccccc1CCCNC(=O)C1CCN(Cc2nc(-c3ccc(F)cc3)no2)CC1. The minimum atomic E-state index is -0.300. The molecule has 1 aliphatic rings. The minimum Gasteiger partial charge on any atom is -0.496 e. The molecule has 1 aliphatic heterocycles. The first-order valence-corrected chi connectivity index (χ1v) is 11.3. The van der Waals surface area contributed by atoms with Crippen LogP contribution < -0.4 is 10.1 Å². The maximum atomic E-state index is 13.1. The maximum Gasteiger partial charge on any atom is 0.241 e. The predicted molar refractivity (Wildman–Crippen MR) is 122 cm³/mol. The van der Waals surface area contributed by atoms with Crippen LogP contribution in [0.3, 0.4) is 0 Å². The molecule has 0 atom stereocenters. The van der Waals surface area contributed by atoms with Gasteiger partial charge in [0.05, 0.1) is 13.7 Å². The summed E-state index contributed by atoms with van der Waals surface area (Å²) in [5.41, 5.74) is 1.87. The number of piperidine rings is 1. The molecule has 1 saturated heterocycles. The fourth-order valence-corrected chi connectivity index (χ4v) is 4.12. The highest BCUT2D eigenvalue weighted by Crippen LogP contribution is 2.21. The van der Waals surface area contributed by atoms with Crippen molar-refractivity contribution in [2.75, 3.05) is 26.7 Å². The maximum absolute atomic E-state index is 13.1. The standard InChI is InChI=1S/C25H29FN4O3/c1-32-22-7-3-2-5-18(22)6-4-14-27-25(31)20-12-15-30(16-13-20)17-23-28-24(29-33-23)19-8-10-21(26)11-9-19/h2-3,5,7-11,20H,4,6,12-17H2,1H3,(H,27,31). The number of carbonyl (C=O) groups excluding carboxylic acids is 1. The number of hydrogen-bond acceptors (Lipinski definition) is 6. The van der Waals surface area contributed by atoms with E-state index in [1.807, 2.05) is 18.2 Å². The molecule has 1 amide bonds. The van der Waals surface area contributed by atoms with Crippen LogP contribution in [0.15, 0.2) is 53.1 Å². The fraction of sp³-hybridized carbons (Fsp3) is 0.400. The van der Waals surface area contributed by atoms with Crippen LogP contribution in [-0.2, 0) is 17.8 Å². The lowest BCUT2D eigenvalue weighted by atomic mass is 9.96. The Morgan fingerprint density at radius 3 is 2.70 bits per heavy atom. The molecule has 0 radical (unpaired) electrons. The zero-order valence-electron chi connectivity index (χ0n) is 18.8. The largest absolute Gasteiger partial charge is 0.496 e. The third-order valence-electron chi connectivity index (χ3n) is 6.00. The zero-order valence-corrected chi connectivity index (χ0v) is 18.8. The molecule has 4 rings (SSSR count). The van der Waals surface area contributed by atoms with E-state index in [4.69, 9.17) is 9.26 Å². The number of amides is 1. The fourth-order valence-electron chi connectivity index (χ4n) is 4.12. The van der Waals surface area contributed by atoms with E-state index in [2.05, 4.69) is 26.4 Å². The number of hydrogen-bond donors (Lipinski definition) is 1. The van der Waals surface area contributed by atoms with Crippen molar-refractivity contribution >= 4 is 5.91 Å². The molecular formula is C25H29FN4O3. The lowest BCUT2D eigenvalue weighted by molar-refractivity contribution is -0.126. The molecule has 1 aromatic heterocycles. The molecule has 174 valence electrons. The van der Waals surface area contributed by atoms with Gasteiger partial charge in [-0.05, 0) is 74.7 Å². The molecule has 0 aliphatic carbocycles. The van der Waals surface area contributed by atoms with E-state index in [-0.39, 0.29) is 17.6 Å². The number of benzene rings is 2. The normalized spacial score (nSPS) is 14.8. The van der Waals surface area contributed by atoms with Gasteiger partial charge >= 0.3 is 0 Å². The molecule has 0 saturated carbocycles. The van der Waals surface area contributed by atoms with E-state index in [0.717, 1.165) is 50.1 Å². The van der Waals surface area contributed by atoms with Crippen LogP contribution in [0.5, 0.6) is 5.75 Å². The highest BCUT2D eigenvalue weighted by Gasteiger charge is 2.25. The predicted octanol–water partition coefficient (Wildman–Crippen LogP) is 3.85. The van der Waals surface area contributed by atoms with Crippen molar-refractivity contribution in [3.63, 3.8) is 0 Å². The van der Waals surface area contributed by atoms with Crippen molar-refractivity contribution in [1.82, 2.24) is 20.4 Å². The summed E-state index contributed by atoms with van der Waals surface area (Å²) in [6.07, 6.45) is 3.35. The second kappa shape index (κ2) is 11.0. The van der Waals surface area contributed by atoms with Crippen molar-refractivity contribution in [2.45, 2.75) is 32.2 Å². The number of aromatic nitrogens is 2. The second-order valence-electron chi connectivity index (χ2n) is 8.28. The highest BCUT2D eigenvalue weighted by atomic mass is 19.1. The summed E-state index contributed by atoms with van der Waals surface area (Å²) < 4.78 is 23.8. The highest BCUT2D eigenvalue weighted by molar-refractivity contribution is 5.78. The number of ether oxygens (including phenoxy) is 1. The lowest BCUT2D eigenvalue weighted by Crippen LogP contribution is -2.40. The average Bonchev–Trinajstić information content (AvgIpc) is 3.31. The van der Waals surface area contributed by atoms with Gasteiger partial charge in [0.15, 0.2) is 0 Å². The van der Waals surface area contributed by atoms with Crippen molar-refractivity contribution < 1.29 is 18.4 Å². The van der Waals surface area contributed by atoms with Gasteiger partial charge in [-0.1, -0.05) is 23.4 Å². The first-order chi connectivity index (χ1) is 16.1. The van der Waals surface area contributed by atoms with E-state index in [0.29, 0.717) is 30.4 Å². The first-order valence-electron chi connectivity index (χ1n) is 11.3. The van der Waals surface area contributed by atoms with Gasteiger partial charge in [0.2, 0.25) is 17.6 Å². The number of nitrogens with one attached hydrogen (secondary N) is 1. The summed E-state index contributed by atoms with van der Waals surface area (Å²) in [5.74, 6) is 1.73. The molecule has 0 unspecified atom stereocenters. The van der Waals surface area contributed by atoms with E-state index >= 15 is 0 Å². The lowest BCUT2D eigenvalue weighted by Gasteiger charge is -2.30. The van der Waals surface area contributed by atoms with Crippen molar-refractivity contribution in [3.05, 3.63) is 65.8 Å². The Kier molecular flexibility index (Phi) is 7.67. The number of nitrogens with zero attached hydrogens (tertiary/aromatic N) is 3. The van der Waals surface area contributed by atoms with Crippen molar-refractivity contribution in [3.8, 4) is 17.1 Å². The monoisotopic (exact) mass is 452 g/mol. The van der Waals surface area contributed by atoms with Crippen LogP contribution in [-0.4, -0.2) is 47.7 Å². The molecular weight excluding hydrogens is 423 g/mol. The topological polar surface area (TPSA) is 80.5 Å². The number of para-hydroxylation sites is 1. The summed E-state index contributed by atoms with van der Waals surface area (Å²) in [4.78, 5) is 19.2. The number of likely N-dealkylation sites (tertiary alicyclic amines) is 1. The Morgan fingerprint density at radius 2 is 1.94 bits per heavy atom. The smallest absolute Gasteiger partial charge is 0.241 e. The molecule has 2 aromatic carbocycles. The Balaban J connectivity index is 1.17. The van der Waals surface area contributed by atoms with Gasteiger partial charge in [-0.2, -0.15) is 4.98 Å². The summed E-state index contributed by atoms with van der Waals surface area (Å²) in [7, 11) is 1.68. The number of rotatable bonds is 9. The van der Waals surface area contributed by atoms with Crippen LogP contribution in [0.4, 0.5) is 4.39 Å². The van der Waals surface area contributed by atoms with Gasteiger partial charge in [0.1, 0.15) is 11.6 Å². The summed E-state index contributed by atoms with van der Waals surface area (Å²) in [5, 5.41) is 7.08. The van der Waals surface area contributed by atoms with Gasteiger partial charge in [0, 0.05) is 18.0 Å². The third-order valence-corrected chi connectivity index (χ3v) is 6.00. The van der Waals surface area contributed by atoms with Crippen molar-refractivity contribution in [2.24, 2.45) is 5.92 Å². The summed E-state index contributed by atoms with van der Waals surface area (Å²) in [6, 6.07) is 14.0. The first kappa shape index (κ1) is 22.9. The van der Waals surface area contributed by atoms with Gasteiger partial charge in [-0.25, -0.2) is 4.39 Å². The van der Waals surface area contributed by atoms with Gasteiger partial charge in [0.25, 0.3) is 0 Å². The van der Waals surface area contributed by atoms with E-state index < -0.39 is 0 Å². The molecule has 33 heavy (non-hydrogen) atoms. The quantitative estimate of drug-likeness (QED) is 0.497. The van der Waals surface area contributed by atoms with Crippen LogP contribution in [0.1, 0.15) is 30.7 Å². The third kappa shape index (κ3) is 6.16. The molecule has 3 aromatic rings. The Bertz CT molecular complexity index is 1050. The van der Waals surface area contributed by atoms with Gasteiger partial charge in [-0.3, -0.25) is 9.69 Å². The molecule has 7 nitrogen and oxygen atoms in total. The average molecular weight is 453 g/mol. The number of halogens is 1. The van der Waals surface area contributed by atoms with Crippen LogP contribution in [0.25, 0.3) is 11.4 Å². The van der Waals surface area contributed by atoms with Crippen molar-refractivity contribution in [1.29, 1.82) is 0 Å². The number of aryl methyl sites for hydroxylation is 1. The zero-order chi connectivity index (χ0) is 23.0. The summed E-state index contributed by atoms with van der Waals surface area (Å²) >= 11 is 0.